The average Bonchev–Trinajstić information content (AvgIpc) is 2.29. The fraction of sp³-hybridized carbons (Fsp3) is 0.571. The van der Waals surface area contributed by atoms with Crippen LogP contribution in [0.1, 0.15) is 38.3 Å². The number of rotatable bonds is 2. The fourth-order valence-electron chi connectivity index (χ4n) is 2.52. The summed E-state index contributed by atoms with van der Waals surface area (Å²) >= 11 is 0. The molecule has 1 saturated heterocycles. The van der Waals surface area contributed by atoms with Crippen molar-refractivity contribution in [1.82, 2.24) is 4.90 Å². The molecule has 1 aromatic rings. The Morgan fingerprint density at radius 3 is 2.67 bits per heavy atom. The topological polar surface area (TPSA) is 3.24 Å². The Morgan fingerprint density at radius 1 is 1.27 bits per heavy atom. The largest absolute Gasteiger partial charge is 0.296 e. The lowest BCUT2D eigenvalue weighted by atomic mass is 9.97. The minimum absolute atomic E-state index is 0.578. The second-order valence-electron chi connectivity index (χ2n) is 4.83. The fourth-order valence-corrected chi connectivity index (χ4v) is 2.52. The van der Waals surface area contributed by atoms with Gasteiger partial charge in [-0.2, -0.15) is 0 Å². The van der Waals surface area contributed by atoms with Gasteiger partial charge in [-0.3, -0.25) is 4.90 Å². The first-order chi connectivity index (χ1) is 7.27. The normalized spacial score (nSPS) is 25.1. The Morgan fingerprint density at radius 2 is 2.00 bits per heavy atom. The number of nitrogens with zero attached hydrogens (tertiary/aromatic N) is 1. The predicted molar refractivity (Wildman–Crippen MR) is 64.8 cm³/mol. The van der Waals surface area contributed by atoms with E-state index in [2.05, 4.69) is 49.1 Å². The summed E-state index contributed by atoms with van der Waals surface area (Å²) in [6.45, 7) is 7.22. The van der Waals surface area contributed by atoms with E-state index in [9.17, 15) is 0 Å². The summed E-state index contributed by atoms with van der Waals surface area (Å²) in [7, 11) is 0. The van der Waals surface area contributed by atoms with Gasteiger partial charge in [0.15, 0.2) is 0 Å². The maximum Gasteiger partial charge on any atom is 0.0319 e. The molecule has 1 unspecified atom stereocenters. The molecule has 1 heteroatoms. The predicted octanol–water partition coefficient (Wildman–Crippen LogP) is 3.48. The van der Waals surface area contributed by atoms with Crippen LogP contribution in [0, 0.1) is 5.92 Å². The Labute approximate surface area is 93.1 Å². The van der Waals surface area contributed by atoms with Crippen molar-refractivity contribution in [3.05, 3.63) is 35.9 Å². The van der Waals surface area contributed by atoms with E-state index < -0.39 is 0 Å². The van der Waals surface area contributed by atoms with Gasteiger partial charge in [0, 0.05) is 12.6 Å². The van der Waals surface area contributed by atoms with E-state index in [1.54, 1.807) is 0 Å². The van der Waals surface area contributed by atoms with Gasteiger partial charge in [-0.1, -0.05) is 37.3 Å². The number of hydrogen-bond acceptors (Lipinski definition) is 1. The first-order valence-corrected chi connectivity index (χ1v) is 6.06. The highest BCUT2D eigenvalue weighted by Crippen LogP contribution is 2.25. The quantitative estimate of drug-likeness (QED) is 0.711. The maximum absolute atomic E-state index is 2.61. The Balaban J connectivity index is 2.04. The minimum Gasteiger partial charge on any atom is -0.296 e. The summed E-state index contributed by atoms with van der Waals surface area (Å²) < 4.78 is 0. The van der Waals surface area contributed by atoms with Crippen molar-refractivity contribution in [3.8, 4) is 0 Å². The van der Waals surface area contributed by atoms with Crippen molar-refractivity contribution in [3.63, 3.8) is 0 Å². The Bertz CT molecular complexity index is 293. The van der Waals surface area contributed by atoms with Crippen molar-refractivity contribution in [1.29, 1.82) is 0 Å². The zero-order valence-corrected chi connectivity index (χ0v) is 9.82. The highest BCUT2D eigenvalue weighted by molar-refractivity contribution is 5.18. The standard InChI is InChI=1S/C14H21N/c1-12-7-6-10-15(11-12)13(2)14-8-4-3-5-9-14/h3-5,8-9,12-13H,6-7,10-11H2,1-2H3/t12?,13-/m0/s1. The van der Waals surface area contributed by atoms with Crippen LogP contribution in [0.4, 0.5) is 0 Å². The number of likely N-dealkylation sites (tertiary alicyclic amines) is 1. The lowest BCUT2D eigenvalue weighted by Crippen LogP contribution is -2.36. The summed E-state index contributed by atoms with van der Waals surface area (Å²) in [5.41, 5.74) is 1.45. The first-order valence-electron chi connectivity index (χ1n) is 6.06. The molecule has 0 aromatic heterocycles. The summed E-state index contributed by atoms with van der Waals surface area (Å²) in [6, 6.07) is 11.4. The van der Waals surface area contributed by atoms with Gasteiger partial charge in [0.2, 0.25) is 0 Å². The average molecular weight is 203 g/mol. The number of hydrogen-bond donors (Lipinski definition) is 0. The molecule has 0 N–H and O–H groups in total. The van der Waals surface area contributed by atoms with Crippen molar-refractivity contribution >= 4 is 0 Å². The SMILES string of the molecule is CC1CCCN([C@@H](C)c2ccccc2)C1. The lowest BCUT2D eigenvalue weighted by Gasteiger charge is -2.35. The van der Waals surface area contributed by atoms with Gasteiger partial charge in [0.1, 0.15) is 0 Å². The molecule has 1 nitrogen and oxygen atoms in total. The molecular formula is C14H21N. The van der Waals surface area contributed by atoms with Gasteiger partial charge >= 0.3 is 0 Å². The molecule has 0 radical (unpaired) electrons. The van der Waals surface area contributed by atoms with Crippen LogP contribution in [0.3, 0.4) is 0 Å². The second kappa shape index (κ2) is 4.80. The molecule has 0 amide bonds. The number of piperidine rings is 1. The van der Waals surface area contributed by atoms with E-state index in [1.165, 1.54) is 31.5 Å². The minimum atomic E-state index is 0.578. The van der Waals surface area contributed by atoms with Crippen LogP contribution in [0.5, 0.6) is 0 Å². The van der Waals surface area contributed by atoms with E-state index in [4.69, 9.17) is 0 Å². The van der Waals surface area contributed by atoms with Gasteiger partial charge in [0.05, 0.1) is 0 Å². The molecule has 1 fully saturated rings. The Hall–Kier alpha value is -0.820. The molecule has 1 aliphatic rings. The van der Waals surface area contributed by atoms with Gasteiger partial charge in [-0.15, -0.1) is 0 Å². The van der Waals surface area contributed by atoms with Gasteiger partial charge in [-0.25, -0.2) is 0 Å². The zero-order chi connectivity index (χ0) is 10.7. The van der Waals surface area contributed by atoms with Crippen LogP contribution in [-0.2, 0) is 0 Å². The van der Waals surface area contributed by atoms with E-state index in [1.807, 2.05) is 0 Å². The maximum atomic E-state index is 2.61. The van der Waals surface area contributed by atoms with E-state index in [0.717, 1.165) is 5.92 Å². The monoisotopic (exact) mass is 203 g/mol. The summed E-state index contributed by atoms with van der Waals surface area (Å²) in [5, 5.41) is 0. The molecule has 15 heavy (non-hydrogen) atoms. The molecule has 0 spiro atoms. The molecule has 2 rings (SSSR count). The van der Waals surface area contributed by atoms with E-state index in [0.29, 0.717) is 6.04 Å². The molecule has 0 bridgehead atoms. The van der Waals surface area contributed by atoms with E-state index >= 15 is 0 Å². The van der Waals surface area contributed by atoms with Crippen LogP contribution in [0.15, 0.2) is 30.3 Å². The second-order valence-corrected chi connectivity index (χ2v) is 4.83. The van der Waals surface area contributed by atoms with Crippen LogP contribution in [-0.4, -0.2) is 18.0 Å². The molecular weight excluding hydrogens is 182 g/mol. The highest BCUT2D eigenvalue weighted by Gasteiger charge is 2.21. The third-order valence-corrected chi connectivity index (χ3v) is 3.52. The molecule has 0 saturated carbocycles. The molecule has 2 atom stereocenters. The zero-order valence-electron chi connectivity index (χ0n) is 9.82. The van der Waals surface area contributed by atoms with E-state index in [-0.39, 0.29) is 0 Å². The smallest absolute Gasteiger partial charge is 0.0319 e. The molecule has 1 aromatic carbocycles. The lowest BCUT2D eigenvalue weighted by molar-refractivity contribution is 0.139. The molecule has 82 valence electrons. The summed E-state index contributed by atoms with van der Waals surface area (Å²) in [6.07, 6.45) is 2.76. The third kappa shape index (κ3) is 2.60. The summed E-state index contributed by atoms with van der Waals surface area (Å²) in [4.78, 5) is 2.61. The van der Waals surface area contributed by atoms with Crippen LogP contribution < -0.4 is 0 Å². The molecule has 1 aliphatic heterocycles. The van der Waals surface area contributed by atoms with Gasteiger partial charge < -0.3 is 0 Å². The molecule has 0 aliphatic carbocycles. The summed E-state index contributed by atoms with van der Waals surface area (Å²) in [5.74, 6) is 0.866. The highest BCUT2D eigenvalue weighted by atomic mass is 15.2. The number of benzene rings is 1. The molecule has 1 heterocycles. The van der Waals surface area contributed by atoms with Crippen molar-refractivity contribution in [2.24, 2.45) is 5.92 Å². The Kier molecular flexibility index (Phi) is 3.42. The van der Waals surface area contributed by atoms with Crippen molar-refractivity contribution < 1.29 is 0 Å². The van der Waals surface area contributed by atoms with Crippen LogP contribution in [0.2, 0.25) is 0 Å². The van der Waals surface area contributed by atoms with Crippen LogP contribution in [0.25, 0.3) is 0 Å². The van der Waals surface area contributed by atoms with Gasteiger partial charge in [0.25, 0.3) is 0 Å². The van der Waals surface area contributed by atoms with Crippen LogP contribution >= 0.6 is 0 Å². The van der Waals surface area contributed by atoms with Gasteiger partial charge in [-0.05, 0) is 37.8 Å². The third-order valence-electron chi connectivity index (χ3n) is 3.52. The van der Waals surface area contributed by atoms with Crippen molar-refractivity contribution in [2.75, 3.05) is 13.1 Å². The first kappa shape index (κ1) is 10.7. The van der Waals surface area contributed by atoms with Crippen molar-refractivity contribution in [2.45, 2.75) is 32.7 Å².